The molecule has 1 saturated carbocycles. The van der Waals surface area contributed by atoms with Crippen LogP contribution >= 0.6 is 0 Å². The number of ether oxygens (including phenoxy) is 1. The summed E-state index contributed by atoms with van der Waals surface area (Å²) in [5, 5.41) is 8.63. The first-order valence-corrected chi connectivity index (χ1v) is 5.79. The van der Waals surface area contributed by atoms with Crippen LogP contribution in [0, 0.1) is 17.2 Å². The van der Waals surface area contributed by atoms with Crippen molar-refractivity contribution < 1.29 is 4.74 Å². The maximum absolute atomic E-state index is 8.63. The molecule has 2 nitrogen and oxygen atoms in total. The van der Waals surface area contributed by atoms with E-state index in [4.69, 9.17) is 10.00 Å². The van der Waals surface area contributed by atoms with Gasteiger partial charge in [0.05, 0.1) is 24.2 Å². The third-order valence-electron chi connectivity index (χ3n) is 3.84. The molecule has 0 N–H and O–H groups in total. The Morgan fingerprint density at radius 3 is 2.57 bits per heavy atom. The van der Waals surface area contributed by atoms with Crippen molar-refractivity contribution in [2.24, 2.45) is 5.92 Å². The topological polar surface area (TPSA) is 33.0 Å². The molecule has 1 aliphatic carbocycles. The van der Waals surface area contributed by atoms with Gasteiger partial charge < -0.3 is 4.74 Å². The van der Waals surface area contributed by atoms with E-state index in [1.165, 1.54) is 32.1 Å². The largest absolute Gasteiger partial charge is 0.371 e. The second kappa shape index (κ2) is 3.90. The Labute approximate surface area is 86.2 Å². The Bertz CT molecular complexity index is 235. The fourth-order valence-corrected chi connectivity index (χ4v) is 2.80. The Hall–Kier alpha value is -0.550. The molecular weight excluding hydrogens is 174 g/mol. The molecule has 0 radical (unpaired) electrons. The molecule has 2 fully saturated rings. The lowest BCUT2D eigenvalue weighted by Crippen LogP contribution is -2.33. The number of rotatable bonds is 1. The molecular formula is C12H19NO. The van der Waals surface area contributed by atoms with Crippen LogP contribution in [0.1, 0.15) is 51.9 Å². The first-order chi connectivity index (χ1) is 6.74. The fourth-order valence-electron chi connectivity index (χ4n) is 2.80. The van der Waals surface area contributed by atoms with Crippen LogP contribution in [-0.4, -0.2) is 11.7 Å². The number of nitrogens with zero attached hydrogens (tertiary/aromatic N) is 1. The molecule has 1 saturated heterocycles. The quantitative estimate of drug-likeness (QED) is 0.641. The molecule has 1 aliphatic heterocycles. The highest BCUT2D eigenvalue weighted by atomic mass is 16.5. The summed E-state index contributed by atoms with van der Waals surface area (Å²) in [6.45, 7) is 2.33. The van der Waals surface area contributed by atoms with Crippen LogP contribution in [0.4, 0.5) is 0 Å². The zero-order chi connectivity index (χ0) is 10.0. The average molecular weight is 193 g/mol. The predicted octanol–water partition coefficient (Wildman–Crippen LogP) is 3.03. The maximum atomic E-state index is 8.63. The molecule has 0 aromatic heterocycles. The van der Waals surface area contributed by atoms with E-state index in [2.05, 4.69) is 13.0 Å². The van der Waals surface area contributed by atoms with Crippen molar-refractivity contribution in [2.75, 3.05) is 0 Å². The zero-order valence-corrected chi connectivity index (χ0v) is 8.96. The Morgan fingerprint density at radius 2 is 1.93 bits per heavy atom. The van der Waals surface area contributed by atoms with Gasteiger partial charge in [-0.2, -0.15) is 5.26 Å². The van der Waals surface area contributed by atoms with E-state index in [0.717, 1.165) is 12.3 Å². The first-order valence-electron chi connectivity index (χ1n) is 5.79. The molecule has 1 atom stereocenters. The van der Waals surface area contributed by atoms with Crippen LogP contribution in [0.5, 0.6) is 0 Å². The van der Waals surface area contributed by atoms with Gasteiger partial charge in [-0.15, -0.1) is 0 Å². The van der Waals surface area contributed by atoms with Crippen LogP contribution < -0.4 is 0 Å². The van der Waals surface area contributed by atoms with Crippen molar-refractivity contribution in [3.05, 3.63) is 0 Å². The van der Waals surface area contributed by atoms with Crippen molar-refractivity contribution in [3.8, 4) is 6.07 Å². The summed E-state index contributed by atoms with van der Waals surface area (Å²) in [6, 6.07) is 2.22. The van der Waals surface area contributed by atoms with Crippen molar-refractivity contribution in [1.29, 1.82) is 5.26 Å². The minimum absolute atomic E-state index is 0.175. The van der Waals surface area contributed by atoms with Crippen molar-refractivity contribution in [2.45, 2.75) is 63.6 Å². The minimum Gasteiger partial charge on any atom is -0.371 e. The number of hydrogen-bond acceptors (Lipinski definition) is 2. The summed E-state index contributed by atoms with van der Waals surface area (Å²) in [4.78, 5) is 0. The smallest absolute Gasteiger partial charge is 0.0713 e. The van der Waals surface area contributed by atoms with Gasteiger partial charge in [0.15, 0.2) is 0 Å². The molecule has 0 bridgehead atoms. The molecule has 78 valence electrons. The van der Waals surface area contributed by atoms with Gasteiger partial charge in [-0.05, 0) is 44.4 Å². The molecule has 0 amide bonds. The van der Waals surface area contributed by atoms with Gasteiger partial charge in [0, 0.05) is 0 Å². The molecule has 14 heavy (non-hydrogen) atoms. The normalized spacial score (nSPS) is 42.6. The maximum Gasteiger partial charge on any atom is 0.0713 e. The summed E-state index contributed by atoms with van der Waals surface area (Å²) in [7, 11) is 0. The van der Waals surface area contributed by atoms with Crippen molar-refractivity contribution in [3.63, 3.8) is 0 Å². The standard InChI is InChI=1S/C12H19NO/c1-10-2-6-12(7-3-10)8-4-11(14-12)5-9-13/h10-11H,2-8H2,1H3. The van der Waals surface area contributed by atoms with Gasteiger partial charge in [-0.3, -0.25) is 0 Å². The Morgan fingerprint density at radius 1 is 1.29 bits per heavy atom. The summed E-state index contributed by atoms with van der Waals surface area (Å²) in [5.41, 5.74) is 0.175. The second-order valence-corrected chi connectivity index (χ2v) is 5.01. The van der Waals surface area contributed by atoms with E-state index in [0.29, 0.717) is 6.42 Å². The molecule has 0 aromatic carbocycles. The Kier molecular flexibility index (Phi) is 2.78. The van der Waals surface area contributed by atoms with E-state index in [1.807, 2.05) is 0 Å². The van der Waals surface area contributed by atoms with Gasteiger partial charge in [0.1, 0.15) is 0 Å². The van der Waals surface area contributed by atoms with Crippen molar-refractivity contribution >= 4 is 0 Å². The highest BCUT2D eigenvalue weighted by Crippen LogP contribution is 2.43. The van der Waals surface area contributed by atoms with Gasteiger partial charge in [0.25, 0.3) is 0 Å². The monoisotopic (exact) mass is 193 g/mol. The van der Waals surface area contributed by atoms with E-state index >= 15 is 0 Å². The third-order valence-corrected chi connectivity index (χ3v) is 3.84. The molecule has 0 aromatic rings. The van der Waals surface area contributed by atoms with E-state index in [-0.39, 0.29) is 11.7 Å². The van der Waals surface area contributed by atoms with Crippen LogP contribution in [0.2, 0.25) is 0 Å². The molecule has 1 heterocycles. The van der Waals surface area contributed by atoms with Gasteiger partial charge in [-0.25, -0.2) is 0 Å². The lowest BCUT2D eigenvalue weighted by atomic mass is 9.78. The minimum atomic E-state index is 0.175. The third kappa shape index (κ3) is 1.93. The van der Waals surface area contributed by atoms with Crippen molar-refractivity contribution in [1.82, 2.24) is 0 Å². The van der Waals surface area contributed by atoms with E-state index in [9.17, 15) is 0 Å². The number of nitriles is 1. The highest BCUT2D eigenvalue weighted by molar-refractivity contribution is 4.94. The average Bonchev–Trinajstić information content (AvgIpc) is 2.56. The predicted molar refractivity (Wildman–Crippen MR) is 54.7 cm³/mol. The fraction of sp³-hybridized carbons (Fsp3) is 0.917. The Balaban J connectivity index is 1.90. The second-order valence-electron chi connectivity index (χ2n) is 5.01. The van der Waals surface area contributed by atoms with Gasteiger partial charge in [0.2, 0.25) is 0 Å². The van der Waals surface area contributed by atoms with Crippen LogP contribution in [0.25, 0.3) is 0 Å². The molecule has 2 heteroatoms. The van der Waals surface area contributed by atoms with Gasteiger partial charge >= 0.3 is 0 Å². The summed E-state index contributed by atoms with van der Waals surface area (Å²) in [5.74, 6) is 0.874. The summed E-state index contributed by atoms with van der Waals surface area (Å²) in [6.07, 6.45) is 8.14. The van der Waals surface area contributed by atoms with Crippen LogP contribution in [0.15, 0.2) is 0 Å². The lowest BCUT2D eigenvalue weighted by molar-refractivity contribution is -0.0681. The molecule has 1 spiro atoms. The molecule has 1 unspecified atom stereocenters. The molecule has 2 aliphatic rings. The first kappa shape index (κ1) is 9.98. The number of hydrogen-bond donors (Lipinski definition) is 0. The highest BCUT2D eigenvalue weighted by Gasteiger charge is 2.41. The van der Waals surface area contributed by atoms with Crippen LogP contribution in [-0.2, 0) is 4.74 Å². The van der Waals surface area contributed by atoms with Crippen LogP contribution in [0.3, 0.4) is 0 Å². The van der Waals surface area contributed by atoms with E-state index in [1.54, 1.807) is 0 Å². The molecule has 2 rings (SSSR count). The zero-order valence-electron chi connectivity index (χ0n) is 8.96. The van der Waals surface area contributed by atoms with Gasteiger partial charge in [-0.1, -0.05) is 6.92 Å². The summed E-state index contributed by atoms with van der Waals surface area (Å²) >= 11 is 0. The SMILES string of the molecule is CC1CCC2(CC1)CCC(CC#N)O2. The van der Waals surface area contributed by atoms with E-state index < -0.39 is 0 Å². The summed E-state index contributed by atoms with van der Waals surface area (Å²) < 4.78 is 6.06. The lowest BCUT2D eigenvalue weighted by Gasteiger charge is -2.35.